The van der Waals surface area contributed by atoms with Crippen LogP contribution in [0.5, 0.6) is 0 Å². The molecule has 5 heteroatoms. The average Bonchev–Trinajstić information content (AvgIpc) is 3.20. The first-order chi connectivity index (χ1) is 10.3. The highest BCUT2D eigenvalue weighted by Crippen LogP contribution is 2.30. The van der Waals surface area contributed by atoms with Crippen LogP contribution in [0.2, 0.25) is 0 Å². The molecule has 0 atom stereocenters. The third kappa shape index (κ3) is 2.08. The minimum Gasteiger partial charge on any atom is -0.292 e. The number of thiophene rings is 2. The standard InChI is InChI=1S/C16H14N2OS2/c1-2-11-9-13-15(21-11)17-14-10(5-6-18(14)16(13)19)8-12-4-3-7-20-12/h3-4,7-9H,2,5-6H2,1H3. The summed E-state index contributed by atoms with van der Waals surface area (Å²) in [4.78, 5) is 20.7. The number of hydrogen-bond acceptors (Lipinski definition) is 4. The quantitative estimate of drug-likeness (QED) is 0.716. The fourth-order valence-electron chi connectivity index (χ4n) is 2.72. The lowest BCUT2D eigenvalue weighted by molar-refractivity contribution is 0.726. The van der Waals surface area contributed by atoms with Gasteiger partial charge in [0.05, 0.1) is 5.39 Å². The van der Waals surface area contributed by atoms with Gasteiger partial charge in [-0.3, -0.25) is 9.36 Å². The van der Waals surface area contributed by atoms with Crippen molar-refractivity contribution in [1.82, 2.24) is 9.55 Å². The molecule has 1 aliphatic heterocycles. The summed E-state index contributed by atoms with van der Waals surface area (Å²) >= 11 is 3.35. The fraction of sp³-hybridized carbons (Fsp3) is 0.250. The van der Waals surface area contributed by atoms with E-state index in [9.17, 15) is 4.79 Å². The summed E-state index contributed by atoms with van der Waals surface area (Å²) in [6, 6.07) is 6.14. The first-order valence-corrected chi connectivity index (χ1v) is 8.73. The minimum absolute atomic E-state index is 0.112. The molecule has 21 heavy (non-hydrogen) atoms. The van der Waals surface area contributed by atoms with Gasteiger partial charge >= 0.3 is 0 Å². The van der Waals surface area contributed by atoms with Crippen LogP contribution in [0.15, 0.2) is 28.4 Å². The highest BCUT2D eigenvalue weighted by atomic mass is 32.1. The van der Waals surface area contributed by atoms with Gasteiger partial charge in [0.2, 0.25) is 0 Å². The van der Waals surface area contributed by atoms with E-state index in [1.54, 1.807) is 22.7 Å². The van der Waals surface area contributed by atoms with Gasteiger partial charge in [-0.1, -0.05) is 13.0 Å². The van der Waals surface area contributed by atoms with Crippen molar-refractivity contribution in [3.63, 3.8) is 0 Å². The number of aryl methyl sites for hydroxylation is 1. The molecule has 106 valence electrons. The lowest BCUT2D eigenvalue weighted by Crippen LogP contribution is -2.19. The zero-order valence-electron chi connectivity index (χ0n) is 11.6. The summed E-state index contributed by atoms with van der Waals surface area (Å²) in [5.74, 6) is 0.852. The number of hydrogen-bond donors (Lipinski definition) is 0. The summed E-state index contributed by atoms with van der Waals surface area (Å²) in [5, 5.41) is 2.84. The zero-order chi connectivity index (χ0) is 14.4. The van der Waals surface area contributed by atoms with Crippen LogP contribution in [-0.4, -0.2) is 9.55 Å². The number of rotatable bonds is 2. The third-order valence-electron chi connectivity index (χ3n) is 3.80. The van der Waals surface area contributed by atoms with Crippen LogP contribution in [0.4, 0.5) is 0 Å². The van der Waals surface area contributed by atoms with Crippen LogP contribution in [0.3, 0.4) is 0 Å². The summed E-state index contributed by atoms with van der Waals surface area (Å²) in [6.07, 6.45) is 4.00. The molecule has 0 saturated heterocycles. The van der Waals surface area contributed by atoms with Gasteiger partial charge in [-0.2, -0.15) is 0 Å². The third-order valence-corrected chi connectivity index (χ3v) is 5.79. The molecule has 4 heterocycles. The molecule has 0 saturated carbocycles. The van der Waals surface area contributed by atoms with E-state index in [1.807, 2.05) is 16.7 Å². The van der Waals surface area contributed by atoms with Crippen molar-refractivity contribution in [3.8, 4) is 0 Å². The Bertz CT molecular complexity index is 900. The molecule has 4 rings (SSSR count). The van der Waals surface area contributed by atoms with E-state index >= 15 is 0 Å². The van der Waals surface area contributed by atoms with Gasteiger partial charge in [0.15, 0.2) is 0 Å². The number of aromatic nitrogens is 2. The monoisotopic (exact) mass is 314 g/mol. The van der Waals surface area contributed by atoms with E-state index in [-0.39, 0.29) is 5.56 Å². The van der Waals surface area contributed by atoms with Crippen molar-refractivity contribution >= 4 is 44.5 Å². The van der Waals surface area contributed by atoms with E-state index in [0.29, 0.717) is 0 Å². The summed E-state index contributed by atoms with van der Waals surface area (Å²) in [7, 11) is 0. The Morgan fingerprint density at radius 3 is 3.14 bits per heavy atom. The first kappa shape index (κ1) is 13.0. The average molecular weight is 314 g/mol. The second-order valence-corrected chi connectivity index (χ2v) is 7.21. The topological polar surface area (TPSA) is 34.9 Å². The SMILES string of the molecule is CCc1cc2c(=O)n3c(nc2s1)C(=Cc1cccs1)CC3. The molecule has 0 bridgehead atoms. The minimum atomic E-state index is 0.112. The van der Waals surface area contributed by atoms with Crippen molar-refractivity contribution in [1.29, 1.82) is 0 Å². The summed E-state index contributed by atoms with van der Waals surface area (Å²) < 4.78 is 1.83. The second-order valence-electron chi connectivity index (χ2n) is 5.11. The van der Waals surface area contributed by atoms with Crippen molar-refractivity contribution < 1.29 is 0 Å². The smallest absolute Gasteiger partial charge is 0.262 e. The zero-order valence-corrected chi connectivity index (χ0v) is 13.3. The molecule has 0 N–H and O–H groups in total. The van der Waals surface area contributed by atoms with Gasteiger partial charge in [0.25, 0.3) is 5.56 Å². The van der Waals surface area contributed by atoms with Crippen molar-refractivity contribution in [2.45, 2.75) is 26.3 Å². The van der Waals surface area contributed by atoms with Gasteiger partial charge in [0, 0.05) is 16.3 Å². The fourth-order valence-corrected chi connectivity index (χ4v) is 4.36. The second kappa shape index (κ2) is 4.93. The van der Waals surface area contributed by atoms with E-state index < -0.39 is 0 Å². The van der Waals surface area contributed by atoms with Gasteiger partial charge in [-0.15, -0.1) is 22.7 Å². The van der Waals surface area contributed by atoms with Crippen molar-refractivity contribution in [3.05, 3.63) is 49.5 Å². The van der Waals surface area contributed by atoms with Crippen LogP contribution in [0, 0.1) is 0 Å². The maximum absolute atomic E-state index is 12.6. The molecular formula is C16H14N2OS2. The van der Waals surface area contributed by atoms with Crippen LogP contribution >= 0.6 is 22.7 Å². The predicted molar refractivity (Wildman–Crippen MR) is 90.1 cm³/mol. The van der Waals surface area contributed by atoms with E-state index in [0.717, 1.165) is 35.4 Å². The van der Waals surface area contributed by atoms with E-state index in [1.165, 1.54) is 15.3 Å². The van der Waals surface area contributed by atoms with Crippen LogP contribution in [0.1, 0.15) is 28.9 Å². The molecule has 0 unspecified atom stereocenters. The Balaban J connectivity index is 1.92. The van der Waals surface area contributed by atoms with Crippen LogP contribution in [0.25, 0.3) is 21.9 Å². The Morgan fingerprint density at radius 2 is 2.38 bits per heavy atom. The predicted octanol–water partition coefficient (Wildman–Crippen LogP) is 4.03. The molecular weight excluding hydrogens is 300 g/mol. The van der Waals surface area contributed by atoms with Gasteiger partial charge in [-0.05, 0) is 42.0 Å². The summed E-state index contributed by atoms with van der Waals surface area (Å²) in [5.41, 5.74) is 1.28. The van der Waals surface area contributed by atoms with E-state index in [2.05, 4.69) is 24.4 Å². The molecule has 0 aliphatic carbocycles. The van der Waals surface area contributed by atoms with Gasteiger partial charge < -0.3 is 0 Å². The number of allylic oxidation sites excluding steroid dienone is 1. The summed E-state index contributed by atoms with van der Waals surface area (Å²) in [6.45, 7) is 2.85. The Hall–Kier alpha value is -1.72. The molecule has 3 nitrogen and oxygen atoms in total. The van der Waals surface area contributed by atoms with E-state index in [4.69, 9.17) is 4.98 Å². The highest BCUT2D eigenvalue weighted by Gasteiger charge is 2.21. The Kier molecular flexibility index (Phi) is 3.05. The van der Waals surface area contributed by atoms with Crippen LogP contribution in [-0.2, 0) is 13.0 Å². The van der Waals surface area contributed by atoms with Gasteiger partial charge in [0.1, 0.15) is 10.7 Å². The Morgan fingerprint density at radius 1 is 1.48 bits per heavy atom. The lowest BCUT2D eigenvalue weighted by Gasteiger charge is -2.02. The van der Waals surface area contributed by atoms with Crippen molar-refractivity contribution in [2.24, 2.45) is 0 Å². The largest absolute Gasteiger partial charge is 0.292 e. The molecule has 0 spiro atoms. The first-order valence-electron chi connectivity index (χ1n) is 7.04. The molecule has 3 aromatic heterocycles. The normalized spacial score (nSPS) is 16.0. The highest BCUT2D eigenvalue weighted by molar-refractivity contribution is 7.18. The Labute approximate surface area is 130 Å². The van der Waals surface area contributed by atoms with Crippen LogP contribution < -0.4 is 5.56 Å². The lowest BCUT2D eigenvalue weighted by atomic mass is 10.2. The van der Waals surface area contributed by atoms with Gasteiger partial charge in [-0.25, -0.2) is 4.98 Å². The number of fused-ring (bicyclic) bond motifs is 2. The maximum Gasteiger partial charge on any atom is 0.262 e. The maximum atomic E-state index is 12.6. The molecule has 0 amide bonds. The van der Waals surface area contributed by atoms with Crippen molar-refractivity contribution in [2.75, 3.05) is 0 Å². The molecule has 0 fully saturated rings. The molecule has 3 aromatic rings. The number of nitrogens with zero attached hydrogens (tertiary/aromatic N) is 2. The molecule has 0 aromatic carbocycles. The molecule has 1 aliphatic rings. The molecule has 0 radical (unpaired) electrons.